The second kappa shape index (κ2) is 7.17. The highest BCUT2D eigenvalue weighted by Crippen LogP contribution is 2.32. The molecule has 3 heterocycles. The Bertz CT molecular complexity index is 975. The van der Waals surface area contributed by atoms with Crippen molar-refractivity contribution in [1.82, 2.24) is 19.8 Å². The van der Waals surface area contributed by atoms with Crippen LogP contribution in [0.4, 0.5) is 19.0 Å². The van der Waals surface area contributed by atoms with Crippen LogP contribution in [0.2, 0.25) is 0 Å². The van der Waals surface area contributed by atoms with Crippen molar-refractivity contribution in [3.05, 3.63) is 42.2 Å². The van der Waals surface area contributed by atoms with Crippen LogP contribution < -0.4 is 14.4 Å². The fraction of sp³-hybridized carbons (Fsp3) is 0.389. The Morgan fingerprint density at radius 2 is 1.93 bits per heavy atom. The van der Waals surface area contributed by atoms with Crippen LogP contribution in [0, 0.1) is 0 Å². The Kier molecular flexibility index (Phi) is 4.70. The fourth-order valence-electron chi connectivity index (χ4n) is 3.09. The quantitative estimate of drug-likeness (QED) is 0.663. The Morgan fingerprint density at radius 1 is 1.14 bits per heavy atom. The number of halogens is 3. The molecule has 3 aromatic rings. The van der Waals surface area contributed by atoms with Crippen LogP contribution in [0.3, 0.4) is 0 Å². The minimum Gasteiger partial charge on any atom is -0.486 e. The van der Waals surface area contributed by atoms with Crippen LogP contribution in [0.25, 0.3) is 5.65 Å². The van der Waals surface area contributed by atoms with Crippen molar-refractivity contribution < 1.29 is 22.6 Å². The number of hydrogen-bond donors (Lipinski definition) is 0. The predicted octanol–water partition coefficient (Wildman–Crippen LogP) is 3.20. The molecule has 1 unspecified atom stereocenters. The van der Waals surface area contributed by atoms with Gasteiger partial charge in [-0.25, -0.2) is 0 Å². The number of fused-ring (bicyclic) bond motifs is 2. The zero-order valence-electron chi connectivity index (χ0n) is 15.1. The minimum atomic E-state index is -4.63. The highest BCUT2D eigenvalue weighted by atomic mass is 19.4. The van der Waals surface area contributed by atoms with Gasteiger partial charge >= 0.3 is 6.18 Å². The summed E-state index contributed by atoms with van der Waals surface area (Å²) in [6, 6.07) is 10.5. The van der Waals surface area contributed by atoms with E-state index in [0.717, 1.165) is 10.9 Å². The standard InChI is InChI=1S/C18H18F3N5O2/c1-2-9-25(10-12-11-27-13-5-3-4-6-14(13)28-12)16-8-7-15-22-23-17(18(19,20)21)26(15)24-16/h3-8,12H,2,9-11H2,1H3. The van der Waals surface area contributed by atoms with Crippen LogP contribution in [-0.2, 0) is 6.18 Å². The Labute approximate surface area is 158 Å². The molecule has 1 aliphatic rings. The van der Waals surface area contributed by atoms with Crippen molar-refractivity contribution >= 4 is 11.5 Å². The van der Waals surface area contributed by atoms with Gasteiger partial charge in [-0.15, -0.1) is 15.3 Å². The van der Waals surface area contributed by atoms with Gasteiger partial charge in [0.25, 0.3) is 5.82 Å². The third kappa shape index (κ3) is 3.54. The largest absolute Gasteiger partial charge is 0.486 e. The Hall–Kier alpha value is -3.04. The zero-order valence-corrected chi connectivity index (χ0v) is 15.1. The maximum absolute atomic E-state index is 13.1. The van der Waals surface area contributed by atoms with Crippen LogP contribution in [0.15, 0.2) is 36.4 Å². The SMILES string of the molecule is CCCN(CC1COc2ccccc2O1)c1ccc2nnc(C(F)(F)F)n2n1. The fourth-order valence-corrected chi connectivity index (χ4v) is 3.09. The predicted molar refractivity (Wildman–Crippen MR) is 94.6 cm³/mol. The first kappa shape index (κ1) is 18.3. The molecule has 1 atom stereocenters. The summed E-state index contributed by atoms with van der Waals surface area (Å²) in [6.07, 6.45) is -4.12. The highest BCUT2D eigenvalue weighted by molar-refractivity contribution is 5.46. The van der Waals surface area contributed by atoms with Crippen LogP contribution in [-0.4, -0.2) is 45.6 Å². The number of alkyl halides is 3. The van der Waals surface area contributed by atoms with Gasteiger partial charge in [-0.2, -0.15) is 17.7 Å². The number of benzene rings is 1. The van der Waals surface area contributed by atoms with Crippen molar-refractivity contribution in [2.45, 2.75) is 25.6 Å². The zero-order chi connectivity index (χ0) is 19.7. The van der Waals surface area contributed by atoms with Gasteiger partial charge < -0.3 is 14.4 Å². The summed E-state index contributed by atoms with van der Waals surface area (Å²) in [6.45, 7) is 3.35. The average Bonchev–Trinajstić information content (AvgIpc) is 3.11. The third-order valence-corrected chi connectivity index (χ3v) is 4.31. The maximum atomic E-state index is 13.1. The van der Waals surface area contributed by atoms with E-state index in [4.69, 9.17) is 9.47 Å². The molecule has 0 N–H and O–H groups in total. The van der Waals surface area contributed by atoms with E-state index in [1.807, 2.05) is 36.1 Å². The van der Waals surface area contributed by atoms with Gasteiger partial charge in [0, 0.05) is 6.54 Å². The molecule has 0 bridgehead atoms. The van der Waals surface area contributed by atoms with Crippen molar-refractivity contribution in [1.29, 1.82) is 0 Å². The van der Waals surface area contributed by atoms with E-state index in [-0.39, 0.29) is 11.8 Å². The summed E-state index contributed by atoms with van der Waals surface area (Å²) in [7, 11) is 0. The second-order valence-corrected chi connectivity index (χ2v) is 6.43. The van der Waals surface area contributed by atoms with E-state index in [1.54, 1.807) is 6.07 Å². The van der Waals surface area contributed by atoms with Crippen molar-refractivity contribution in [2.24, 2.45) is 0 Å². The lowest BCUT2D eigenvalue weighted by Gasteiger charge is -2.31. The number of aromatic nitrogens is 4. The smallest absolute Gasteiger partial charge is 0.453 e. The number of para-hydroxylation sites is 2. The van der Waals surface area contributed by atoms with E-state index in [1.165, 1.54) is 6.07 Å². The van der Waals surface area contributed by atoms with Gasteiger partial charge in [-0.05, 0) is 30.7 Å². The van der Waals surface area contributed by atoms with Crippen molar-refractivity contribution in [3.63, 3.8) is 0 Å². The van der Waals surface area contributed by atoms with Gasteiger partial charge in [-0.1, -0.05) is 19.1 Å². The van der Waals surface area contributed by atoms with Crippen LogP contribution in [0.1, 0.15) is 19.2 Å². The molecule has 28 heavy (non-hydrogen) atoms. The first-order valence-corrected chi connectivity index (χ1v) is 8.89. The number of rotatable bonds is 5. The molecule has 2 aromatic heterocycles. The highest BCUT2D eigenvalue weighted by Gasteiger charge is 2.38. The molecule has 0 fully saturated rings. The maximum Gasteiger partial charge on any atom is 0.453 e. The summed E-state index contributed by atoms with van der Waals surface area (Å²) >= 11 is 0. The first-order chi connectivity index (χ1) is 13.5. The number of hydrogen-bond acceptors (Lipinski definition) is 6. The van der Waals surface area contributed by atoms with E-state index in [9.17, 15) is 13.2 Å². The summed E-state index contributed by atoms with van der Waals surface area (Å²) in [5.41, 5.74) is 0.0405. The lowest BCUT2D eigenvalue weighted by atomic mass is 10.2. The van der Waals surface area contributed by atoms with Gasteiger partial charge in [-0.3, -0.25) is 0 Å². The molecule has 0 radical (unpaired) electrons. The molecular weight excluding hydrogens is 375 g/mol. The molecule has 0 aliphatic carbocycles. The van der Waals surface area contributed by atoms with Crippen molar-refractivity contribution in [3.8, 4) is 11.5 Å². The molecule has 0 amide bonds. The molecule has 0 spiro atoms. The number of nitrogens with zero attached hydrogens (tertiary/aromatic N) is 5. The number of ether oxygens (including phenoxy) is 2. The molecule has 1 aromatic carbocycles. The molecule has 4 rings (SSSR count). The van der Waals surface area contributed by atoms with Gasteiger partial charge in [0.2, 0.25) is 0 Å². The lowest BCUT2D eigenvalue weighted by molar-refractivity contribution is -0.146. The first-order valence-electron chi connectivity index (χ1n) is 8.89. The van der Waals surface area contributed by atoms with Crippen LogP contribution >= 0.6 is 0 Å². The van der Waals surface area contributed by atoms with E-state index in [0.29, 0.717) is 37.0 Å². The van der Waals surface area contributed by atoms with E-state index < -0.39 is 12.0 Å². The molecule has 0 saturated heterocycles. The average molecular weight is 393 g/mol. The van der Waals surface area contributed by atoms with Gasteiger partial charge in [0.15, 0.2) is 23.3 Å². The summed E-state index contributed by atoms with van der Waals surface area (Å²) in [5.74, 6) is 0.575. The molecule has 1 aliphatic heterocycles. The summed E-state index contributed by atoms with van der Waals surface area (Å²) < 4.78 is 51.8. The van der Waals surface area contributed by atoms with E-state index in [2.05, 4.69) is 15.3 Å². The summed E-state index contributed by atoms with van der Waals surface area (Å²) in [5, 5.41) is 10.9. The monoisotopic (exact) mass is 393 g/mol. The van der Waals surface area contributed by atoms with Gasteiger partial charge in [0.1, 0.15) is 12.4 Å². The Morgan fingerprint density at radius 3 is 2.68 bits per heavy atom. The summed E-state index contributed by atoms with van der Waals surface area (Å²) in [4.78, 5) is 1.88. The normalized spacial score (nSPS) is 16.4. The number of anilines is 1. The molecule has 148 valence electrons. The van der Waals surface area contributed by atoms with Crippen molar-refractivity contribution in [2.75, 3.05) is 24.6 Å². The Balaban J connectivity index is 1.59. The third-order valence-electron chi connectivity index (χ3n) is 4.31. The molecule has 7 nitrogen and oxygen atoms in total. The molecule has 0 saturated carbocycles. The van der Waals surface area contributed by atoms with Crippen LogP contribution in [0.5, 0.6) is 11.5 Å². The second-order valence-electron chi connectivity index (χ2n) is 6.43. The molecule has 10 heteroatoms. The lowest BCUT2D eigenvalue weighted by Crippen LogP contribution is -2.42. The minimum absolute atomic E-state index is 0.0405. The molecular formula is C18H18F3N5O2. The topological polar surface area (TPSA) is 64.8 Å². The van der Waals surface area contributed by atoms with E-state index >= 15 is 0 Å². The van der Waals surface area contributed by atoms with Gasteiger partial charge in [0.05, 0.1) is 6.54 Å².